The molecule has 0 saturated heterocycles. The SMILES string of the molecule is O=C(Cc1cccnc1)Nc1ccc(O)cc1. The first-order chi connectivity index (χ1) is 8.24. The van der Waals surface area contributed by atoms with Gasteiger partial charge < -0.3 is 10.4 Å². The van der Waals surface area contributed by atoms with Crippen LogP contribution in [-0.2, 0) is 11.2 Å². The van der Waals surface area contributed by atoms with E-state index in [2.05, 4.69) is 10.3 Å². The van der Waals surface area contributed by atoms with E-state index >= 15 is 0 Å². The lowest BCUT2D eigenvalue weighted by atomic mass is 10.2. The Kier molecular flexibility index (Phi) is 3.35. The van der Waals surface area contributed by atoms with Crippen molar-refractivity contribution in [2.75, 3.05) is 5.32 Å². The smallest absolute Gasteiger partial charge is 0.228 e. The summed E-state index contributed by atoms with van der Waals surface area (Å²) in [6.07, 6.45) is 3.62. The molecule has 1 amide bonds. The van der Waals surface area contributed by atoms with Crippen LogP contribution in [0.25, 0.3) is 0 Å². The van der Waals surface area contributed by atoms with Crippen LogP contribution in [0.2, 0.25) is 0 Å². The maximum Gasteiger partial charge on any atom is 0.228 e. The van der Waals surface area contributed by atoms with Gasteiger partial charge in [-0.2, -0.15) is 0 Å². The molecule has 1 aromatic carbocycles. The van der Waals surface area contributed by atoms with E-state index < -0.39 is 0 Å². The van der Waals surface area contributed by atoms with Crippen molar-refractivity contribution in [2.24, 2.45) is 0 Å². The molecule has 4 heteroatoms. The van der Waals surface area contributed by atoms with E-state index in [1.807, 2.05) is 6.07 Å². The van der Waals surface area contributed by atoms with Gasteiger partial charge in [-0.25, -0.2) is 0 Å². The molecule has 0 aliphatic heterocycles. The molecule has 0 spiro atoms. The fraction of sp³-hybridized carbons (Fsp3) is 0.0769. The number of amides is 1. The highest BCUT2D eigenvalue weighted by Gasteiger charge is 2.03. The van der Waals surface area contributed by atoms with Crippen molar-refractivity contribution in [2.45, 2.75) is 6.42 Å². The molecule has 4 nitrogen and oxygen atoms in total. The van der Waals surface area contributed by atoms with Gasteiger partial charge in [-0.3, -0.25) is 9.78 Å². The molecule has 0 radical (unpaired) electrons. The zero-order chi connectivity index (χ0) is 12.1. The molecule has 0 bridgehead atoms. The van der Waals surface area contributed by atoms with Crippen LogP contribution in [0.1, 0.15) is 5.56 Å². The van der Waals surface area contributed by atoms with E-state index in [4.69, 9.17) is 5.11 Å². The largest absolute Gasteiger partial charge is 0.508 e. The lowest BCUT2D eigenvalue weighted by Crippen LogP contribution is -2.14. The number of hydrogen-bond acceptors (Lipinski definition) is 3. The Hall–Kier alpha value is -2.36. The number of carbonyl (C=O) groups excluding carboxylic acids is 1. The number of rotatable bonds is 3. The molecule has 0 aliphatic carbocycles. The van der Waals surface area contributed by atoms with Crippen LogP contribution < -0.4 is 5.32 Å². The van der Waals surface area contributed by atoms with Gasteiger partial charge in [0.1, 0.15) is 5.75 Å². The first-order valence-electron chi connectivity index (χ1n) is 5.22. The summed E-state index contributed by atoms with van der Waals surface area (Å²) >= 11 is 0. The highest BCUT2D eigenvalue weighted by molar-refractivity contribution is 5.92. The molecular formula is C13H12N2O2. The first kappa shape index (κ1) is 11.1. The molecule has 0 aliphatic rings. The second-order valence-electron chi connectivity index (χ2n) is 3.63. The molecule has 0 fully saturated rings. The second kappa shape index (κ2) is 5.12. The summed E-state index contributed by atoms with van der Waals surface area (Å²) < 4.78 is 0. The number of carbonyl (C=O) groups is 1. The molecule has 2 rings (SSSR count). The number of phenols is 1. The molecule has 1 heterocycles. The van der Waals surface area contributed by atoms with Crippen LogP contribution in [0.15, 0.2) is 48.8 Å². The van der Waals surface area contributed by atoms with Crippen LogP contribution in [0, 0.1) is 0 Å². The van der Waals surface area contributed by atoms with Crippen LogP contribution in [-0.4, -0.2) is 16.0 Å². The molecule has 0 unspecified atom stereocenters. The number of phenolic OH excluding ortho intramolecular Hbond substituents is 1. The third-order valence-electron chi connectivity index (χ3n) is 2.24. The number of nitrogens with one attached hydrogen (secondary N) is 1. The first-order valence-corrected chi connectivity index (χ1v) is 5.22. The lowest BCUT2D eigenvalue weighted by molar-refractivity contribution is -0.115. The number of aromatic hydroxyl groups is 1. The van der Waals surface area contributed by atoms with Gasteiger partial charge in [0, 0.05) is 18.1 Å². The van der Waals surface area contributed by atoms with Crippen molar-refractivity contribution in [3.8, 4) is 5.75 Å². The number of benzene rings is 1. The van der Waals surface area contributed by atoms with Crippen molar-refractivity contribution in [1.29, 1.82) is 0 Å². The van der Waals surface area contributed by atoms with E-state index in [0.717, 1.165) is 5.56 Å². The highest BCUT2D eigenvalue weighted by Crippen LogP contribution is 2.13. The minimum atomic E-state index is -0.108. The van der Waals surface area contributed by atoms with E-state index in [1.165, 1.54) is 12.1 Å². The summed E-state index contributed by atoms with van der Waals surface area (Å²) in [5.41, 5.74) is 1.53. The second-order valence-corrected chi connectivity index (χ2v) is 3.63. The zero-order valence-corrected chi connectivity index (χ0v) is 9.13. The van der Waals surface area contributed by atoms with Gasteiger partial charge in [-0.1, -0.05) is 6.07 Å². The maximum absolute atomic E-state index is 11.7. The summed E-state index contributed by atoms with van der Waals surface area (Å²) in [4.78, 5) is 15.6. The van der Waals surface area contributed by atoms with Gasteiger partial charge >= 0.3 is 0 Å². The standard InChI is InChI=1S/C13H12N2O2/c16-12-5-3-11(4-6-12)15-13(17)8-10-2-1-7-14-9-10/h1-7,9,16H,8H2,(H,15,17). The quantitative estimate of drug-likeness (QED) is 0.789. The number of anilines is 1. The normalized spacial score (nSPS) is 9.88. The van der Waals surface area contributed by atoms with Gasteiger partial charge in [0.25, 0.3) is 0 Å². The summed E-state index contributed by atoms with van der Waals surface area (Å²) in [6, 6.07) is 10.00. The highest BCUT2D eigenvalue weighted by atomic mass is 16.3. The van der Waals surface area contributed by atoms with Crippen molar-refractivity contribution in [1.82, 2.24) is 4.98 Å². The molecular weight excluding hydrogens is 216 g/mol. The molecule has 0 atom stereocenters. The molecule has 86 valence electrons. The predicted molar refractivity (Wildman–Crippen MR) is 64.7 cm³/mol. The fourth-order valence-electron chi connectivity index (χ4n) is 1.44. The molecule has 1 aromatic heterocycles. The summed E-state index contributed by atoms with van der Waals surface area (Å²) in [6.45, 7) is 0. The van der Waals surface area contributed by atoms with E-state index in [1.54, 1.807) is 30.6 Å². The Morgan fingerprint density at radius 1 is 1.24 bits per heavy atom. The molecule has 0 saturated carbocycles. The minimum Gasteiger partial charge on any atom is -0.508 e. The maximum atomic E-state index is 11.7. The van der Waals surface area contributed by atoms with E-state index in [0.29, 0.717) is 5.69 Å². The minimum absolute atomic E-state index is 0.108. The third kappa shape index (κ3) is 3.31. The van der Waals surface area contributed by atoms with Crippen molar-refractivity contribution >= 4 is 11.6 Å². The Labute approximate surface area is 98.9 Å². The van der Waals surface area contributed by atoms with Crippen molar-refractivity contribution in [3.63, 3.8) is 0 Å². The van der Waals surface area contributed by atoms with Crippen molar-refractivity contribution in [3.05, 3.63) is 54.4 Å². The fourth-order valence-corrected chi connectivity index (χ4v) is 1.44. The van der Waals surface area contributed by atoms with Crippen LogP contribution in [0.3, 0.4) is 0 Å². The van der Waals surface area contributed by atoms with Gasteiger partial charge in [0.15, 0.2) is 0 Å². The predicted octanol–water partition coefficient (Wildman–Crippen LogP) is 1.97. The van der Waals surface area contributed by atoms with Crippen LogP contribution >= 0.6 is 0 Å². The van der Waals surface area contributed by atoms with Gasteiger partial charge in [0.2, 0.25) is 5.91 Å². The zero-order valence-electron chi connectivity index (χ0n) is 9.13. The summed E-state index contributed by atoms with van der Waals surface area (Å²) in [7, 11) is 0. The number of nitrogens with zero attached hydrogens (tertiary/aromatic N) is 1. The lowest BCUT2D eigenvalue weighted by Gasteiger charge is -2.04. The van der Waals surface area contributed by atoms with Gasteiger partial charge in [0.05, 0.1) is 6.42 Å². The Morgan fingerprint density at radius 2 is 2.00 bits per heavy atom. The average Bonchev–Trinajstić information content (AvgIpc) is 2.33. The average molecular weight is 228 g/mol. The Morgan fingerprint density at radius 3 is 2.65 bits per heavy atom. The topological polar surface area (TPSA) is 62.2 Å². The van der Waals surface area contributed by atoms with E-state index in [9.17, 15) is 4.79 Å². The summed E-state index contributed by atoms with van der Waals surface area (Å²) in [5.74, 6) is 0.0685. The number of pyridine rings is 1. The third-order valence-corrected chi connectivity index (χ3v) is 2.24. The van der Waals surface area contributed by atoms with Gasteiger partial charge in [-0.05, 0) is 35.9 Å². The monoisotopic (exact) mass is 228 g/mol. The molecule has 2 aromatic rings. The molecule has 17 heavy (non-hydrogen) atoms. The van der Waals surface area contributed by atoms with Crippen LogP contribution in [0.5, 0.6) is 5.75 Å². The van der Waals surface area contributed by atoms with Crippen molar-refractivity contribution < 1.29 is 9.90 Å². The summed E-state index contributed by atoms with van der Waals surface area (Å²) in [5, 5.41) is 11.8. The Balaban J connectivity index is 1.96. The Bertz CT molecular complexity index is 495. The van der Waals surface area contributed by atoms with E-state index in [-0.39, 0.29) is 18.1 Å². The number of hydrogen-bond donors (Lipinski definition) is 2. The molecule has 2 N–H and O–H groups in total. The van der Waals surface area contributed by atoms with Crippen LogP contribution in [0.4, 0.5) is 5.69 Å². The number of aromatic nitrogens is 1. The van der Waals surface area contributed by atoms with Gasteiger partial charge in [-0.15, -0.1) is 0 Å².